The van der Waals surface area contributed by atoms with Gasteiger partial charge >= 0.3 is 0 Å². The number of hydrogen-bond acceptors (Lipinski definition) is 5. The molecule has 2 aromatic heterocycles. The zero-order valence-electron chi connectivity index (χ0n) is 13.7. The first-order chi connectivity index (χ1) is 11.7. The Kier molecular flexibility index (Phi) is 4.02. The quantitative estimate of drug-likeness (QED) is 0.841. The fourth-order valence-electron chi connectivity index (χ4n) is 3.69. The number of thiophene rings is 1. The first kappa shape index (κ1) is 15.6. The number of aromatic nitrogens is 1. The molecular formula is C18H20N2O3S. The van der Waals surface area contributed by atoms with Crippen molar-refractivity contribution in [2.75, 3.05) is 26.8 Å². The second kappa shape index (κ2) is 6.18. The van der Waals surface area contributed by atoms with Crippen molar-refractivity contribution in [3.8, 4) is 5.75 Å². The maximum atomic E-state index is 12.8. The van der Waals surface area contributed by atoms with Crippen LogP contribution in [-0.2, 0) is 16.8 Å². The molecule has 0 radical (unpaired) electrons. The summed E-state index contributed by atoms with van der Waals surface area (Å²) in [6, 6.07) is 3.93. The van der Waals surface area contributed by atoms with Gasteiger partial charge in [-0.05, 0) is 42.3 Å². The summed E-state index contributed by atoms with van der Waals surface area (Å²) in [6.45, 7) is 2.17. The monoisotopic (exact) mass is 344 g/mol. The largest absolute Gasteiger partial charge is 0.494 e. The molecular weight excluding hydrogens is 324 g/mol. The predicted octanol–water partition coefficient (Wildman–Crippen LogP) is 2.86. The Labute approximate surface area is 145 Å². The second-order valence-corrected chi connectivity index (χ2v) is 7.15. The molecule has 1 spiro atoms. The van der Waals surface area contributed by atoms with Crippen molar-refractivity contribution in [2.45, 2.75) is 24.9 Å². The van der Waals surface area contributed by atoms with E-state index in [2.05, 4.69) is 16.4 Å². The van der Waals surface area contributed by atoms with E-state index in [9.17, 15) is 4.79 Å². The zero-order valence-corrected chi connectivity index (χ0v) is 14.5. The van der Waals surface area contributed by atoms with Gasteiger partial charge in [0.25, 0.3) is 5.91 Å². The van der Waals surface area contributed by atoms with Crippen LogP contribution < -0.4 is 4.74 Å². The van der Waals surface area contributed by atoms with E-state index in [1.54, 1.807) is 36.9 Å². The van der Waals surface area contributed by atoms with Crippen molar-refractivity contribution < 1.29 is 14.3 Å². The molecule has 4 heterocycles. The molecule has 6 heteroatoms. The zero-order chi connectivity index (χ0) is 16.6. The van der Waals surface area contributed by atoms with Gasteiger partial charge < -0.3 is 14.4 Å². The van der Waals surface area contributed by atoms with E-state index in [0.29, 0.717) is 24.4 Å². The average molecular weight is 344 g/mol. The molecule has 2 aliphatic heterocycles. The third-order valence-corrected chi connectivity index (χ3v) is 6.15. The molecule has 126 valence electrons. The summed E-state index contributed by atoms with van der Waals surface area (Å²) in [5.74, 6) is 0.531. The lowest BCUT2D eigenvalue weighted by atomic mass is 9.85. The molecule has 1 saturated heterocycles. The number of rotatable bonds is 2. The number of likely N-dealkylation sites (tertiary alicyclic amines) is 1. The van der Waals surface area contributed by atoms with Gasteiger partial charge in [0, 0.05) is 24.2 Å². The van der Waals surface area contributed by atoms with Crippen LogP contribution in [0.4, 0.5) is 0 Å². The number of carbonyl (C=O) groups excluding carboxylic acids is 1. The fourth-order valence-corrected chi connectivity index (χ4v) is 4.85. The molecule has 5 nitrogen and oxygen atoms in total. The normalized spacial score (nSPS) is 19.1. The van der Waals surface area contributed by atoms with E-state index in [-0.39, 0.29) is 11.5 Å². The molecule has 0 atom stereocenters. The number of methoxy groups -OCH3 is 1. The van der Waals surface area contributed by atoms with Crippen molar-refractivity contribution in [3.05, 3.63) is 45.9 Å². The summed E-state index contributed by atoms with van der Waals surface area (Å²) in [4.78, 5) is 20.1. The van der Waals surface area contributed by atoms with Crippen LogP contribution in [0.15, 0.2) is 29.9 Å². The van der Waals surface area contributed by atoms with Gasteiger partial charge in [-0.1, -0.05) is 0 Å². The van der Waals surface area contributed by atoms with Crippen LogP contribution in [0.2, 0.25) is 0 Å². The molecule has 0 saturated carbocycles. The Morgan fingerprint density at radius 1 is 1.38 bits per heavy atom. The maximum Gasteiger partial charge on any atom is 0.257 e. The lowest BCUT2D eigenvalue weighted by Crippen LogP contribution is -2.47. The lowest BCUT2D eigenvalue weighted by molar-refractivity contribution is -0.0906. The molecule has 0 bridgehead atoms. The Morgan fingerprint density at radius 2 is 2.21 bits per heavy atom. The summed E-state index contributed by atoms with van der Waals surface area (Å²) >= 11 is 1.79. The summed E-state index contributed by atoms with van der Waals surface area (Å²) in [6.07, 6.45) is 5.90. The van der Waals surface area contributed by atoms with Gasteiger partial charge in [0.2, 0.25) is 0 Å². The van der Waals surface area contributed by atoms with E-state index in [1.165, 1.54) is 10.4 Å². The fraction of sp³-hybridized carbons (Fsp3) is 0.444. The Balaban J connectivity index is 1.52. The number of carbonyl (C=O) groups is 1. The van der Waals surface area contributed by atoms with Crippen LogP contribution in [0.3, 0.4) is 0 Å². The third kappa shape index (κ3) is 2.50. The van der Waals surface area contributed by atoms with Crippen LogP contribution in [-0.4, -0.2) is 42.6 Å². The molecule has 4 rings (SSSR count). The topological polar surface area (TPSA) is 51.7 Å². The van der Waals surface area contributed by atoms with E-state index in [0.717, 1.165) is 25.9 Å². The first-order valence-corrected chi connectivity index (χ1v) is 9.09. The SMILES string of the molecule is COc1cnccc1C(=O)N1CCC2(CC1)OCCc1ccsc12. The van der Waals surface area contributed by atoms with Gasteiger partial charge in [0.05, 0.1) is 25.5 Å². The summed E-state index contributed by atoms with van der Waals surface area (Å²) in [7, 11) is 1.56. The Hall–Kier alpha value is -1.92. The minimum Gasteiger partial charge on any atom is -0.494 e. The number of nitrogens with zero attached hydrogens (tertiary/aromatic N) is 2. The number of pyridine rings is 1. The van der Waals surface area contributed by atoms with Crippen LogP contribution >= 0.6 is 11.3 Å². The minimum atomic E-state index is -0.194. The minimum absolute atomic E-state index is 0.00584. The van der Waals surface area contributed by atoms with Crippen molar-refractivity contribution in [3.63, 3.8) is 0 Å². The average Bonchev–Trinajstić information content (AvgIpc) is 3.12. The number of ether oxygens (including phenoxy) is 2. The molecule has 0 N–H and O–H groups in total. The highest BCUT2D eigenvalue weighted by atomic mass is 32.1. The van der Waals surface area contributed by atoms with E-state index in [4.69, 9.17) is 9.47 Å². The predicted molar refractivity (Wildman–Crippen MR) is 91.6 cm³/mol. The highest BCUT2D eigenvalue weighted by Gasteiger charge is 2.42. The summed E-state index contributed by atoms with van der Waals surface area (Å²) < 4.78 is 11.5. The van der Waals surface area contributed by atoms with Gasteiger partial charge in [-0.25, -0.2) is 0 Å². The van der Waals surface area contributed by atoms with Gasteiger partial charge in [-0.2, -0.15) is 0 Å². The molecule has 1 fully saturated rings. The van der Waals surface area contributed by atoms with Gasteiger partial charge in [0.1, 0.15) is 11.4 Å². The number of amides is 1. The van der Waals surface area contributed by atoms with Crippen molar-refractivity contribution in [2.24, 2.45) is 0 Å². The number of fused-ring (bicyclic) bond motifs is 2. The van der Waals surface area contributed by atoms with Crippen LogP contribution in [0, 0.1) is 0 Å². The van der Waals surface area contributed by atoms with E-state index < -0.39 is 0 Å². The lowest BCUT2D eigenvalue weighted by Gasteiger charge is -2.43. The highest BCUT2D eigenvalue weighted by molar-refractivity contribution is 7.10. The third-order valence-electron chi connectivity index (χ3n) is 5.00. The molecule has 0 unspecified atom stereocenters. The Bertz CT molecular complexity index is 750. The molecule has 24 heavy (non-hydrogen) atoms. The van der Waals surface area contributed by atoms with Gasteiger partial charge in [-0.3, -0.25) is 9.78 Å². The second-order valence-electron chi connectivity index (χ2n) is 6.24. The Morgan fingerprint density at radius 3 is 3.00 bits per heavy atom. The molecule has 1 amide bonds. The van der Waals surface area contributed by atoms with Crippen LogP contribution in [0.25, 0.3) is 0 Å². The summed E-state index contributed by atoms with van der Waals surface area (Å²) in [5.41, 5.74) is 1.80. The molecule has 2 aliphatic rings. The summed E-state index contributed by atoms with van der Waals surface area (Å²) in [5, 5.41) is 2.15. The van der Waals surface area contributed by atoms with Crippen molar-refractivity contribution in [1.29, 1.82) is 0 Å². The smallest absolute Gasteiger partial charge is 0.257 e. The maximum absolute atomic E-state index is 12.8. The molecule has 2 aromatic rings. The first-order valence-electron chi connectivity index (χ1n) is 8.21. The number of piperidine rings is 1. The van der Waals surface area contributed by atoms with Crippen LogP contribution in [0.5, 0.6) is 5.75 Å². The van der Waals surface area contributed by atoms with E-state index >= 15 is 0 Å². The molecule has 0 aliphatic carbocycles. The highest BCUT2D eigenvalue weighted by Crippen LogP contribution is 2.44. The van der Waals surface area contributed by atoms with Gasteiger partial charge in [-0.15, -0.1) is 11.3 Å². The van der Waals surface area contributed by atoms with Crippen LogP contribution in [0.1, 0.15) is 33.6 Å². The number of hydrogen-bond donors (Lipinski definition) is 0. The standard InChI is InChI=1S/C18H20N2O3S/c1-22-15-12-19-7-2-14(15)17(21)20-8-5-18(6-9-20)16-13(3-10-23-18)4-11-24-16/h2,4,7,11-12H,3,5-6,8-10H2,1H3. The van der Waals surface area contributed by atoms with Gasteiger partial charge in [0.15, 0.2) is 0 Å². The molecule has 0 aromatic carbocycles. The van der Waals surface area contributed by atoms with E-state index in [1.807, 2.05) is 4.90 Å². The van der Waals surface area contributed by atoms with Crippen molar-refractivity contribution >= 4 is 17.2 Å². The van der Waals surface area contributed by atoms with Crippen molar-refractivity contribution in [1.82, 2.24) is 9.88 Å².